The van der Waals surface area contributed by atoms with Crippen LogP contribution in [0.1, 0.15) is 35.1 Å². The van der Waals surface area contributed by atoms with Gasteiger partial charge in [0.1, 0.15) is 11.3 Å². The smallest absolute Gasteiger partial charge is 0.339 e. The molecule has 158 valence electrons. The van der Waals surface area contributed by atoms with Gasteiger partial charge in [0.25, 0.3) is 0 Å². The quantitative estimate of drug-likeness (QED) is 0.621. The molecule has 0 saturated carbocycles. The van der Waals surface area contributed by atoms with Crippen LogP contribution in [0.4, 0.5) is 0 Å². The number of likely N-dealkylation sites (tertiary alicyclic amines) is 1. The fourth-order valence-electron chi connectivity index (χ4n) is 4.05. The summed E-state index contributed by atoms with van der Waals surface area (Å²) in [6.07, 6.45) is 2.21. The van der Waals surface area contributed by atoms with E-state index in [0.29, 0.717) is 23.7 Å². The zero-order valence-corrected chi connectivity index (χ0v) is 17.7. The van der Waals surface area contributed by atoms with Crippen LogP contribution in [0.25, 0.3) is 11.0 Å². The Hall–Kier alpha value is -2.63. The molecule has 1 aliphatic rings. The first-order chi connectivity index (χ1) is 14.5. The summed E-state index contributed by atoms with van der Waals surface area (Å²) in [6.45, 7) is 7.57. The molecule has 0 unspecified atom stereocenters. The summed E-state index contributed by atoms with van der Waals surface area (Å²) in [5.74, 6) is 1.28. The minimum absolute atomic E-state index is 0.0915. The Bertz CT molecular complexity index is 1060. The number of aliphatic hydroxyl groups is 1. The largest absolute Gasteiger partial charge is 0.493 e. The van der Waals surface area contributed by atoms with E-state index in [1.54, 1.807) is 6.92 Å². The van der Waals surface area contributed by atoms with E-state index in [-0.39, 0.29) is 12.2 Å². The molecular weight excluding hydrogens is 378 g/mol. The highest BCUT2D eigenvalue weighted by molar-refractivity contribution is 5.82. The maximum atomic E-state index is 11.9. The van der Waals surface area contributed by atoms with Crippen molar-refractivity contribution in [3.63, 3.8) is 0 Å². The van der Waals surface area contributed by atoms with Gasteiger partial charge in [-0.15, -0.1) is 0 Å². The lowest BCUT2D eigenvalue weighted by molar-refractivity contribution is 0.137. The van der Waals surface area contributed by atoms with Crippen LogP contribution in [0.3, 0.4) is 0 Å². The van der Waals surface area contributed by atoms with Crippen LogP contribution in [-0.2, 0) is 13.2 Å². The highest BCUT2D eigenvalue weighted by Gasteiger charge is 2.20. The van der Waals surface area contributed by atoms with E-state index in [0.717, 1.165) is 54.7 Å². The molecule has 5 heteroatoms. The molecule has 0 aliphatic carbocycles. The maximum absolute atomic E-state index is 11.9. The van der Waals surface area contributed by atoms with Crippen LogP contribution in [0.15, 0.2) is 51.7 Å². The Morgan fingerprint density at radius 1 is 1.03 bits per heavy atom. The highest BCUT2D eigenvalue weighted by Crippen LogP contribution is 2.25. The fraction of sp³-hybridized carbons (Fsp3) is 0.400. The van der Waals surface area contributed by atoms with Crippen LogP contribution in [-0.4, -0.2) is 29.7 Å². The molecule has 1 aliphatic heterocycles. The van der Waals surface area contributed by atoms with Crippen LogP contribution < -0.4 is 10.4 Å². The van der Waals surface area contributed by atoms with Crippen molar-refractivity contribution in [3.05, 3.63) is 75.1 Å². The molecule has 30 heavy (non-hydrogen) atoms. The van der Waals surface area contributed by atoms with Gasteiger partial charge < -0.3 is 14.3 Å². The molecule has 1 aromatic heterocycles. The summed E-state index contributed by atoms with van der Waals surface area (Å²) in [4.78, 5) is 14.4. The van der Waals surface area contributed by atoms with Gasteiger partial charge in [-0.25, -0.2) is 4.79 Å². The molecule has 0 amide bonds. The Balaban J connectivity index is 1.30. The number of aryl methyl sites for hydroxylation is 1. The number of fused-ring (bicyclic) bond motifs is 1. The molecule has 0 bridgehead atoms. The third kappa shape index (κ3) is 4.58. The van der Waals surface area contributed by atoms with Crippen molar-refractivity contribution in [2.24, 2.45) is 5.92 Å². The number of hydrogen-bond acceptors (Lipinski definition) is 5. The molecule has 2 aromatic carbocycles. The second-order valence-electron chi connectivity index (χ2n) is 8.30. The average Bonchev–Trinajstić information content (AvgIpc) is 2.77. The normalized spacial score (nSPS) is 15.6. The number of rotatable bonds is 6. The topological polar surface area (TPSA) is 62.9 Å². The van der Waals surface area contributed by atoms with Crippen molar-refractivity contribution in [1.82, 2.24) is 4.90 Å². The summed E-state index contributed by atoms with van der Waals surface area (Å²) >= 11 is 0. The van der Waals surface area contributed by atoms with Gasteiger partial charge in [-0.05, 0) is 74.5 Å². The number of hydrogen-bond donors (Lipinski definition) is 1. The van der Waals surface area contributed by atoms with Crippen molar-refractivity contribution in [3.8, 4) is 5.75 Å². The van der Waals surface area contributed by atoms with Gasteiger partial charge in [-0.3, -0.25) is 4.90 Å². The van der Waals surface area contributed by atoms with E-state index in [2.05, 4.69) is 17.0 Å². The number of nitrogens with zero attached hydrogens (tertiary/aromatic N) is 1. The maximum Gasteiger partial charge on any atom is 0.339 e. The Morgan fingerprint density at radius 3 is 2.43 bits per heavy atom. The molecule has 2 heterocycles. The SMILES string of the molecule is Cc1c(C)c2ccc(OCC3CCN(Cc4ccc(CO)cc4)CC3)cc2oc1=O. The Morgan fingerprint density at radius 2 is 1.73 bits per heavy atom. The van der Waals surface area contributed by atoms with Crippen molar-refractivity contribution < 1.29 is 14.3 Å². The summed E-state index contributed by atoms with van der Waals surface area (Å²) in [5, 5.41) is 10.1. The van der Waals surface area contributed by atoms with E-state index in [9.17, 15) is 4.79 Å². The molecule has 0 radical (unpaired) electrons. The predicted octanol–water partition coefficient (Wildman–Crippen LogP) is 4.19. The lowest BCUT2D eigenvalue weighted by atomic mass is 9.97. The highest BCUT2D eigenvalue weighted by atomic mass is 16.5. The summed E-state index contributed by atoms with van der Waals surface area (Å²) < 4.78 is 11.5. The second kappa shape index (κ2) is 9.02. The first-order valence-corrected chi connectivity index (χ1v) is 10.6. The van der Waals surface area contributed by atoms with Crippen LogP contribution >= 0.6 is 0 Å². The minimum Gasteiger partial charge on any atom is -0.493 e. The van der Waals surface area contributed by atoms with Crippen molar-refractivity contribution in [2.75, 3.05) is 19.7 Å². The monoisotopic (exact) mass is 407 g/mol. The van der Waals surface area contributed by atoms with Crippen LogP contribution in [0.2, 0.25) is 0 Å². The van der Waals surface area contributed by atoms with E-state index >= 15 is 0 Å². The Labute approximate surface area is 176 Å². The van der Waals surface area contributed by atoms with Crippen LogP contribution in [0.5, 0.6) is 5.75 Å². The van der Waals surface area contributed by atoms with Gasteiger partial charge in [0.05, 0.1) is 13.2 Å². The number of aliphatic hydroxyl groups excluding tert-OH is 1. The minimum atomic E-state index is -0.282. The summed E-state index contributed by atoms with van der Waals surface area (Å²) in [7, 11) is 0. The van der Waals surface area contributed by atoms with Gasteiger partial charge in [0.2, 0.25) is 0 Å². The number of benzene rings is 2. The average molecular weight is 408 g/mol. The first-order valence-electron chi connectivity index (χ1n) is 10.6. The van der Waals surface area contributed by atoms with E-state index < -0.39 is 0 Å². The van der Waals surface area contributed by atoms with Crippen LogP contribution in [0, 0.1) is 19.8 Å². The van der Waals surface area contributed by atoms with E-state index in [4.69, 9.17) is 14.3 Å². The molecule has 0 atom stereocenters. The van der Waals surface area contributed by atoms with Gasteiger partial charge in [0.15, 0.2) is 0 Å². The molecule has 0 spiro atoms. The third-order valence-corrected chi connectivity index (χ3v) is 6.23. The molecule has 5 nitrogen and oxygen atoms in total. The van der Waals surface area contributed by atoms with Crippen molar-refractivity contribution in [2.45, 2.75) is 39.8 Å². The molecule has 1 fully saturated rings. The van der Waals surface area contributed by atoms with E-state index in [1.165, 1.54) is 5.56 Å². The molecule has 3 aromatic rings. The standard InChI is InChI=1S/C25H29NO4/c1-17-18(2)25(28)30-24-13-22(7-8-23(17)24)29-16-21-9-11-26(12-10-21)14-19-3-5-20(15-27)6-4-19/h3-8,13,21,27H,9-12,14-16H2,1-2H3. The molecule has 1 N–H and O–H groups in total. The first kappa shape index (κ1) is 20.6. The third-order valence-electron chi connectivity index (χ3n) is 6.23. The predicted molar refractivity (Wildman–Crippen MR) is 118 cm³/mol. The van der Waals surface area contributed by atoms with Gasteiger partial charge >= 0.3 is 5.63 Å². The number of piperidine rings is 1. The molecule has 1 saturated heterocycles. The molecule has 4 rings (SSSR count). The molecular formula is C25H29NO4. The van der Waals surface area contributed by atoms with Gasteiger partial charge in [-0.1, -0.05) is 24.3 Å². The zero-order valence-electron chi connectivity index (χ0n) is 17.7. The lowest BCUT2D eigenvalue weighted by Gasteiger charge is -2.31. The van der Waals surface area contributed by atoms with Crippen molar-refractivity contribution >= 4 is 11.0 Å². The number of ether oxygens (including phenoxy) is 1. The fourth-order valence-corrected chi connectivity index (χ4v) is 4.05. The van der Waals surface area contributed by atoms with Crippen molar-refractivity contribution in [1.29, 1.82) is 0 Å². The van der Waals surface area contributed by atoms with E-state index in [1.807, 2.05) is 37.3 Å². The van der Waals surface area contributed by atoms with Gasteiger partial charge in [0, 0.05) is 23.6 Å². The summed E-state index contributed by atoms with van der Waals surface area (Å²) in [6, 6.07) is 13.9. The van der Waals surface area contributed by atoms with Gasteiger partial charge in [-0.2, -0.15) is 0 Å². The lowest BCUT2D eigenvalue weighted by Crippen LogP contribution is -2.35. The Kier molecular flexibility index (Phi) is 6.21. The summed E-state index contributed by atoms with van der Waals surface area (Å²) in [5.41, 5.74) is 4.16. The zero-order chi connectivity index (χ0) is 21.1. The second-order valence-corrected chi connectivity index (χ2v) is 8.30.